The van der Waals surface area contributed by atoms with Gasteiger partial charge >= 0.3 is 0 Å². The summed E-state index contributed by atoms with van der Waals surface area (Å²) < 4.78 is 0. The Kier molecular flexibility index (Phi) is 7.68. The highest BCUT2D eigenvalue weighted by Crippen LogP contribution is 1.98. The van der Waals surface area contributed by atoms with Gasteiger partial charge in [0.05, 0.1) is 6.61 Å². The van der Waals surface area contributed by atoms with Crippen LogP contribution in [0.1, 0.15) is 25.7 Å². The van der Waals surface area contributed by atoms with E-state index in [1.165, 1.54) is 0 Å². The number of rotatable bonds is 8. The van der Waals surface area contributed by atoms with Crippen LogP contribution in [0.4, 0.5) is 0 Å². The fourth-order valence-electron chi connectivity index (χ4n) is 0.896. The van der Waals surface area contributed by atoms with Crippen molar-refractivity contribution in [3.05, 3.63) is 10.1 Å². The van der Waals surface area contributed by atoms with Crippen molar-refractivity contribution in [2.45, 2.75) is 25.7 Å². The van der Waals surface area contributed by atoms with Crippen molar-refractivity contribution in [2.24, 2.45) is 0 Å². The molecule has 0 heterocycles. The van der Waals surface area contributed by atoms with E-state index in [1.54, 1.807) is 0 Å². The van der Waals surface area contributed by atoms with E-state index in [0.29, 0.717) is 0 Å². The summed E-state index contributed by atoms with van der Waals surface area (Å²) in [6, 6.07) is 0. The quantitative estimate of drug-likeness (QED) is 0.340. The zero-order valence-electron chi connectivity index (χ0n) is 7.41. The van der Waals surface area contributed by atoms with E-state index in [1.807, 2.05) is 7.05 Å². The minimum atomic E-state index is -0.742. The largest absolute Gasteiger partial charge is 0.320 e. The maximum atomic E-state index is 9.71. The van der Waals surface area contributed by atoms with Crippen molar-refractivity contribution in [3.8, 4) is 0 Å². The average Bonchev–Trinajstić information content (AvgIpc) is 2.02. The summed E-state index contributed by atoms with van der Waals surface area (Å²) in [5.41, 5.74) is 0. The molecule has 0 aromatic rings. The number of hydrogen-bond acceptors (Lipinski definition) is 4. The van der Waals surface area contributed by atoms with Gasteiger partial charge in [0, 0.05) is 0 Å². The van der Waals surface area contributed by atoms with Crippen molar-refractivity contribution in [1.29, 1.82) is 0 Å². The molecule has 0 bridgehead atoms. The van der Waals surface area contributed by atoms with E-state index in [4.69, 9.17) is 0 Å². The highest BCUT2D eigenvalue weighted by Gasteiger charge is 1.93. The van der Waals surface area contributed by atoms with Crippen LogP contribution in [0.5, 0.6) is 0 Å². The zero-order chi connectivity index (χ0) is 9.23. The van der Waals surface area contributed by atoms with Gasteiger partial charge in [0.2, 0.25) is 0 Å². The first-order valence-electron chi connectivity index (χ1n) is 4.19. The fraction of sp³-hybridized carbons (Fsp3) is 1.00. The molecule has 0 spiro atoms. The van der Waals surface area contributed by atoms with E-state index in [2.05, 4.69) is 10.2 Å². The molecule has 0 rings (SSSR count). The van der Waals surface area contributed by atoms with Gasteiger partial charge in [0.15, 0.2) is 0 Å². The van der Waals surface area contributed by atoms with Gasteiger partial charge in [0.1, 0.15) is 0 Å². The van der Waals surface area contributed by atoms with Crippen molar-refractivity contribution in [3.63, 3.8) is 0 Å². The van der Waals surface area contributed by atoms with Gasteiger partial charge in [-0.2, -0.15) is 0 Å². The summed E-state index contributed by atoms with van der Waals surface area (Å²) in [6.45, 7) is 1.24. The van der Waals surface area contributed by atoms with Crippen molar-refractivity contribution >= 4 is 0 Å². The van der Waals surface area contributed by atoms with Crippen LogP contribution in [-0.2, 0) is 4.84 Å². The Bertz CT molecular complexity index is 119. The molecule has 0 atom stereocenters. The monoisotopic (exact) mass is 176 g/mol. The lowest BCUT2D eigenvalue weighted by molar-refractivity contribution is -0.757. The molecule has 0 aliphatic carbocycles. The maximum Gasteiger partial charge on any atom is 0.294 e. The zero-order valence-corrected chi connectivity index (χ0v) is 7.41. The number of nitrogens with zero attached hydrogens (tertiary/aromatic N) is 1. The van der Waals surface area contributed by atoms with Crippen LogP contribution >= 0.6 is 0 Å². The van der Waals surface area contributed by atoms with Crippen LogP contribution in [-0.4, -0.2) is 25.3 Å². The molecule has 0 radical (unpaired) electrons. The third-order valence-corrected chi connectivity index (χ3v) is 1.52. The van der Waals surface area contributed by atoms with Crippen LogP contribution < -0.4 is 5.32 Å². The molecular weight excluding hydrogens is 160 g/mol. The first-order chi connectivity index (χ1) is 5.77. The SMILES string of the molecule is CNCCCCCCO[N+](=O)[O-]. The molecule has 72 valence electrons. The summed E-state index contributed by atoms with van der Waals surface area (Å²) >= 11 is 0. The summed E-state index contributed by atoms with van der Waals surface area (Å²) in [4.78, 5) is 13.9. The maximum absolute atomic E-state index is 9.71. The standard InChI is InChI=1S/C7H16N2O3/c1-8-6-4-2-3-5-7-12-9(10)11/h8H,2-7H2,1H3. The fourth-order valence-corrected chi connectivity index (χ4v) is 0.896. The molecule has 12 heavy (non-hydrogen) atoms. The average molecular weight is 176 g/mol. The highest BCUT2D eigenvalue weighted by atomic mass is 16.9. The predicted molar refractivity (Wildman–Crippen MR) is 45.3 cm³/mol. The van der Waals surface area contributed by atoms with Crippen LogP contribution in [0.2, 0.25) is 0 Å². The van der Waals surface area contributed by atoms with E-state index < -0.39 is 5.09 Å². The highest BCUT2D eigenvalue weighted by molar-refractivity contribution is 4.44. The molecule has 5 heteroatoms. The van der Waals surface area contributed by atoms with E-state index in [0.717, 1.165) is 32.2 Å². The number of hydrogen-bond donors (Lipinski definition) is 1. The lowest BCUT2D eigenvalue weighted by Gasteiger charge is -1.99. The lowest BCUT2D eigenvalue weighted by Crippen LogP contribution is -2.07. The van der Waals surface area contributed by atoms with Gasteiger partial charge in [-0.15, -0.1) is 10.1 Å². The first kappa shape index (κ1) is 11.2. The summed E-state index contributed by atoms with van der Waals surface area (Å²) in [7, 11) is 1.91. The Morgan fingerprint density at radius 1 is 1.33 bits per heavy atom. The van der Waals surface area contributed by atoms with Crippen LogP contribution in [0, 0.1) is 10.1 Å². The minimum absolute atomic E-state index is 0.229. The second kappa shape index (κ2) is 8.26. The smallest absolute Gasteiger partial charge is 0.294 e. The molecule has 0 aliphatic rings. The van der Waals surface area contributed by atoms with Gasteiger partial charge in [-0.25, -0.2) is 0 Å². The van der Waals surface area contributed by atoms with Crippen LogP contribution in [0.3, 0.4) is 0 Å². The van der Waals surface area contributed by atoms with E-state index >= 15 is 0 Å². The third kappa shape index (κ3) is 9.16. The second-order valence-electron chi connectivity index (χ2n) is 2.57. The molecule has 0 aliphatic heterocycles. The molecule has 0 saturated carbocycles. The van der Waals surface area contributed by atoms with Gasteiger partial charge in [-0.3, -0.25) is 0 Å². The van der Waals surface area contributed by atoms with Gasteiger partial charge < -0.3 is 10.2 Å². The van der Waals surface area contributed by atoms with Crippen molar-refractivity contribution < 1.29 is 9.92 Å². The molecule has 0 saturated heterocycles. The van der Waals surface area contributed by atoms with Crippen molar-refractivity contribution in [1.82, 2.24) is 5.32 Å². The van der Waals surface area contributed by atoms with Gasteiger partial charge in [-0.05, 0) is 26.4 Å². The Hall–Kier alpha value is -0.840. The summed E-state index contributed by atoms with van der Waals surface area (Å²) in [6.07, 6.45) is 3.98. The Labute approximate surface area is 72.2 Å². The summed E-state index contributed by atoms with van der Waals surface area (Å²) in [5.74, 6) is 0. The molecule has 5 nitrogen and oxygen atoms in total. The Balaban J connectivity index is 2.86. The first-order valence-corrected chi connectivity index (χ1v) is 4.19. The predicted octanol–water partition coefficient (Wildman–Crippen LogP) is 0.975. The molecule has 0 fully saturated rings. The molecule has 0 unspecified atom stereocenters. The molecule has 0 aromatic carbocycles. The number of unbranched alkanes of at least 4 members (excludes halogenated alkanes) is 3. The molecule has 1 N–H and O–H groups in total. The molecule has 0 amide bonds. The molecular formula is C7H16N2O3. The molecule has 0 aromatic heterocycles. The topological polar surface area (TPSA) is 64.4 Å². The van der Waals surface area contributed by atoms with Crippen LogP contribution in [0.25, 0.3) is 0 Å². The van der Waals surface area contributed by atoms with Gasteiger partial charge in [0.25, 0.3) is 5.09 Å². The lowest BCUT2D eigenvalue weighted by atomic mass is 10.2. The van der Waals surface area contributed by atoms with Crippen LogP contribution in [0.15, 0.2) is 0 Å². The second-order valence-corrected chi connectivity index (χ2v) is 2.57. The Morgan fingerprint density at radius 3 is 2.58 bits per heavy atom. The van der Waals surface area contributed by atoms with E-state index in [-0.39, 0.29) is 6.61 Å². The number of nitrogens with one attached hydrogen (secondary N) is 1. The third-order valence-electron chi connectivity index (χ3n) is 1.52. The minimum Gasteiger partial charge on any atom is -0.320 e. The van der Waals surface area contributed by atoms with E-state index in [9.17, 15) is 10.1 Å². The normalized spacial score (nSPS) is 9.75. The summed E-state index contributed by atoms with van der Waals surface area (Å²) in [5, 5.41) is 12.0. The van der Waals surface area contributed by atoms with Crippen molar-refractivity contribution in [2.75, 3.05) is 20.2 Å². The Morgan fingerprint density at radius 2 is 2.00 bits per heavy atom. The van der Waals surface area contributed by atoms with Gasteiger partial charge in [-0.1, -0.05) is 12.8 Å².